The van der Waals surface area contributed by atoms with E-state index in [2.05, 4.69) is 35.4 Å². The van der Waals surface area contributed by atoms with Crippen LogP contribution in [0.1, 0.15) is 35.8 Å². The van der Waals surface area contributed by atoms with Crippen molar-refractivity contribution in [1.82, 2.24) is 43.8 Å². The van der Waals surface area contributed by atoms with Crippen molar-refractivity contribution in [2.75, 3.05) is 5.32 Å². The Morgan fingerprint density at radius 1 is 1.12 bits per heavy atom. The Morgan fingerprint density at radius 3 is 2.52 bits per heavy atom. The molecule has 0 atom stereocenters. The third-order valence-electron chi connectivity index (χ3n) is 7.02. The molecular weight excluding hydrogens is 561 g/mol. The van der Waals surface area contributed by atoms with Crippen LogP contribution in [0.5, 0.6) is 0 Å². The maximum absolute atomic E-state index is 13.6. The highest BCUT2D eigenvalue weighted by atomic mass is 19.4. The topological polar surface area (TPSA) is 169 Å². The zero-order valence-corrected chi connectivity index (χ0v) is 22.3. The monoisotopic (exact) mass is 582 g/mol. The van der Waals surface area contributed by atoms with E-state index < -0.39 is 34.6 Å². The predicted molar refractivity (Wildman–Crippen MR) is 138 cm³/mol. The number of carbonyl (C=O) groups is 1. The van der Waals surface area contributed by atoms with Crippen molar-refractivity contribution in [1.29, 1.82) is 0 Å². The highest BCUT2D eigenvalue weighted by Crippen LogP contribution is 2.45. The molecule has 5 aromatic rings. The van der Waals surface area contributed by atoms with E-state index in [1.54, 1.807) is 6.92 Å². The SMILES string of the molecule is Cc1noc(Cn2c(=O)c3c(ncn3C3(C(=O)Nc4cncc(-c5cnc(C(F)(F)F)c(C)c5)n4)CC3)n(C)c2=O)n1. The number of nitrogens with one attached hydrogen (secondary N) is 1. The maximum Gasteiger partial charge on any atom is 0.433 e. The zero-order chi connectivity index (χ0) is 30.0. The summed E-state index contributed by atoms with van der Waals surface area (Å²) >= 11 is 0. The highest BCUT2D eigenvalue weighted by molar-refractivity contribution is 5.99. The van der Waals surface area contributed by atoms with Crippen LogP contribution in [-0.4, -0.2) is 49.7 Å². The minimum Gasteiger partial charge on any atom is -0.337 e. The van der Waals surface area contributed by atoms with Gasteiger partial charge in [-0.05, 0) is 38.3 Å². The lowest BCUT2D eigenvalue weighted by Crippen LogP contribution is -2.41. The van der Waals surface area contributed by atoms with Crippen molar-refractivity contribution in [2.24, 2.45) is 7.05 Å². The van der Waals surface area contributed by atoms with Crippen LogP contribution >= 0.6 is 0 Å². The molecule has 0 radical (unpaired) electrons. The minimum absolute atomic E-state index is 0.0344. The molecule has 6 rings (SSSR count). The molecule has 216 valence electrons. The van der Waals surface area contributed by atoms with Crippen molar-refractivity contribution >= 4 is 22.9 Å². The van der Waals surface area contributed by atoms with Crippen molar-refractivity contribution in [3.63, 3.8) is 0 Å². The number of aryl methyl sites for hydroxylation is 3. The van der Waals surface area contributed by atoms with Gasteiger partial charge < -0.3 is 14.4 Å². The van der Waals surface area contributed by atoms with Crippen LogP contribution in [0.2, 0.25) is 0 Å². The Bertz CT molecular complexity index is 2000. The van der Waals surface area contributed by atoms with Gasteiger partial charge in [-0.15, -0.1) is 0 Å². The summed E-state index contributed by atoms with van der Waals surface area (Å²) in [7, 11) is 1.45. The molecule has 17 heteroatoms. The van der Waals surface area contributed by atoms with Gasteiger partial charge in [-0.25, -0.2) is 19.3 Å². The highest BCUT2D eigenvalue weighted by Gasteiger charge is 2.53. The van der Waals surface area contributed by atoms with Gasteiger partial charge in [0.2, 0.25) is 5.89 Å². The Morgan fingerprint density at radius 2 is 1.88 bits per heavy atom. The number of carbonyl (C=O) groups excluding carboxylic acids is 1. The van der Waals surface area contributed by atoms with Crippen LogP contribution in [0, 0.1) is 13.8 Å². The van der Waals surface area contributed by atoms with E-state index in [0.717, 1.165) is 10.8 Å². The first kappa shape index (κ1) is 27.0. The number of hydrogen-bond acceptors (Lipinski definition) is 10. The Kier molecular flexibility index (Phi) is 6.05. The zero-order valence-electron chi connectivity index (χ0n) is 22.3. The van der Waals surface area contributed by atoms with Crippen LogP contribution in [0.15, 0.2) is 45.1 Å². The number of anilines is 1. The molecule has 0 saturated heterocycles. The van der Waals surface area contributed by atoms with Gasteiger partial charge in [-0.3, -0.25) is 24.1 Å². The lowest BCUT2D eigenvalue weighted by Gasteiger charge is -2.18. The summed E-state index contributed by atoms with van der Waals surface area (Å²) in [4.78, 5) is 60.2. The Labute approximate surface area is 232 Å². The molecule has 1 aliphatic carbocycles. The number of nitrogens with zero attached hydrogens (tertiary/aromatic N) is 9. The molecule has 0 unspecified atom stereocenters. The van der Waals surface area contributed by atoms with E-state index in [1.165, 1.54) is 47.9 Å². The largest absolute Gasteiger partial charge is 0.433 e. The summed E-state index contributed by atoms with van der Waals surface area (Å²) in [5, 5.41) is 6.37. The van der Waals surface area contributed by atoms with Crippen LogP contribution in [-0.2, 0) is 30.1 Å². The molecule has 42 heavy (non-hydrogen) atoms. The van der Waals surface area contributed by atoms with Crippen LogP contribution in [0.25, 0.3) is 22.4 Å². The second-order valence-corrected chi connectivity index (χ2v) is 9.92. The summed E-state index contributed by atoms with van der Waals surface area (Å²) in [6.45, 7) is 2.62. The summed E-state index contributed by atoms with van der Waals surface area (Å²) in [6.07, 6.45) is 1.13. The van der Waals surface area contributed by atoms with Gasteiger partial charge >= 0.3 is 11.9 Å². The molecule has 14 nitrogen and oxygen atoms in total. The van der Waals surface area contributed by atoms with E-state index in [4.69, 9.17) is 4.52 Å². The Balaban J connectivity index is 1.32. The van der Waals surface area contributed by atoms with E-state index in [0.29, 0.717) is 18.7 Å². The minimum atomic E-state index is -4.60. The summed E-state index contributed by atoms with van der Waals surface area (Å²) < 4.78 is 48.0. The van der Waals surface area contributed by atoms with Gasteiger partial charge in [0.05, 0.1) is 24.4 Å². The average molecular weight is 583 g/mol. The average Bonchev–Trinajstić information content (AvgIpc) is 3.45. The summed E-state index contributed by atoms with van der Waals surface area (Å²) in [6, 6.07) is 1.29. The fourth-order valence-corrected chi connectivity index (χ4v) is 4.78. The van der Waals surface area contributed by atoms with E-state index in [1.807, 2.05) is 0 Å². The lowest BCUT2D eigenvalue weighted by molar-refractivity contribution is -0.141. The quantitative estimate of drug-likeness (QED) is 0.312. The lowest BCUT2D eigenvalue weighted by atomic mass is 10.1. The number of imidazole rings is 1. The molecule has 1 amide bonds. The van der Waals surface area contributed by atoms with Crippen molar-refractivity contribution in [3.05, 3.63) is 74.8 Å². The molecule has 0 aromatic carbocycles. The molecule has 0 bridgehead atoms. The van der Waals surface area contributed by atoms with Crippen molar-refractivity contribution in [3.8, 4) is 11.3 Å². The van der Waals surface area contributed by atoms with Crippen LogP contribution < -0.4 is 16.6 Å². The number of pyridine rings is 1. The van der Waals surface area contributed by atoms with Gasteiger partial charge in [0.15, 0.2) is 22.8 Å². The maximum atomic E-state index is 13.6. The van der Waals surface area contributed by atoms with Crippen molar-refractivity contribution < 1.29 is 22.5 Å². The number of fused-ring (bicyclic) bond motifs is 1. The molecule has 5 heterocycles. The molecule has 0 spiro atoms. The first-order valence-electron chi connectivity index (χ1n) is 12.5. The molecule has 1 fully saturated rings. The number of alkyl halides is 3. The molecule has 1 N–H and O–H groups in total. The third kappa shape index (κ3) is 4.42. The molecular formula is C25H21F3N10O4. The third-order valence-corrected chi connectivity index (χ3v) is 7.02. The summed E-state index contributed by atoms with van der Waals surface area (Å²) in [5.41, 5.74) is -3.02. The van der Waals surface area contributed by atoms with E-state index >= 15 is 0 Å². The van der Waals surface area contributed by atoms with E-state index in [9.17, 15) is 27.6 Å². The number of hydrogen-bond donors (Lipinski definition) is 1. The normalized spacial score (nSPS) is 14.3. The van der Waals surface area contributed by atoms with Gasteiger partial charge in [0.25, 0.3) is 11.5 Å². The van der Waals surface area contributed by atoms with Gasteiger partial charge in [-0.2, -0.15) is 18.2 Å². The fourth-order valence-electron chi connectivity index (χ4n) is 4.78. The first-order chi connectivity index (χ1) is 19.9. The standard InChI is InChI=1S/C25H21F3N10O4/c1-12-6-14(7-30-19(12)25(26,27)28)15-8-29-9-16(33-15)34-22(40)24(4-5-24)38-11-31-20-18(38)21(39)37(23(41)36(20)3)10-17-32-13(2)35-42-17/h6-9,11H,4-5,10H2,1-3H3,(H,33,34,40). The summed E-state index contributed by atoms with van der Waals surface area (Å²) in [5.74, 6) is -0.0657. The number of aromatic nitrogens is 9. The smallest absolute Gasteiger partial charge is 0.337 e. The molecule has 1 aliphatic rings. The number of rotatable bonds is 6. The van der Waals surface area contributed by atoms with Gasteiger partial charge in [0.1, 0.15) is 17.8 Å². The number of amides is 1. The van der Waals surface area contributed by atoms with Gasteiger partial charge in [-0.1, -0.05) is 5.16 Å². The molecule has 5 aromatic heterocycles. The Hall–Kier alpha value is -5.22. The van der Waals surface area contributed by atoms with Gasteiger partial charge in [0, 0.05) is 18.8 Å². The van der Waals surface area contributed by atoms with E-state index in [-0.39, 0.29) is 46.2 Å². The molecule has 0 aliphatic heterocycles. The fraction of sp³-hybridized carbons (Fsp3) is 0.320. The second kappa shape index (κ2) is 9.42. The second-order valence-electron chi connectivity index (χ2n) is 9.92. The van der Waals surface area contributed by atoms with Crippen LogP contribution in [0.4, 0.5) is 19.0 Å². The van der Waals surface area contributed by atoms with Crippen molar-refractivity contribution in [2.45, 2.75) is 44.9 Å². The molecule has 1 saturated carbocycles. The first-order valence-corrected chi connectivity index (χ1v) is 12.5. The number of halogens is 3. The van der Waals surface area contributed by atoms with Crippen LogP contribution in [0.3, 0.4) is 0 Å². The predicted octanol–water partition coefficient (Wildman–Crippen LogP) is 1.94.